The van der Waals surface area contributed by atoms with Gasteiger partial charge in [0.25, 0.3) is 0 Å². The number of aryl methyl sites for hydroxylation is 1. The van der Waals surface area contributed by atoms with Crippen LogP contribution in [0.2, 0.25) is 0 Å². The summed E-state index contributed by atoms with van der Waals surface area (Å²) < 4.78 is 51.6. The van der Waals surface area contributed by atoms with Crippen molar-refractivity contribution in [3.05, 3.63) is 107 Å². The second-order valence-electron chi connectivity index (χ2n) is 6.28. The molecule has 0 atom stereocenters. The first-order valence-corrected chi connectivity index (χ1v) is 9.61. The summed E-state index contributed by atoms with van der Waals surface area (Å²) in [5.74, 6) is -0.315. The largest absolute Gasteiger partial charge is 0.416 e. The topological polar surface area (TPSA) is 12.4 Å². The number of allylic oxidation sites excluding steroid dienone is 1. The van der Waals surface area contributed by atoms with Gasteiger partial charge in [0, 0.05) is 10.5 Å². The van der Waals surface area contributed by atoms with E-state index in [2.05, 4.69) is 4.99 Å². The van der Waals surface area contributed by atoms with Gasteiger partial charge in [-0.05, 0) is 66.9 Å². The average molecular weight is 415 g/mol. The lowest BCUT2D eigenvalue weighted by atomic mass is 10.1. The first-order valence-electron chi connectivity index (χ1n) is 8.73. The normalized spacial score (nSPS) is 12.5. The summed E-state index contributed by atoms with van der Waals surface area (Å²) in [6.07, 6.45) is -2.66. The number of rotatable bonds is 5. The number of aliphatic imine (C=N–C) groups is 1. The van der Waals surface area contributed by atoms with Crippen molar-refractivity contribution in [1.29, 1.82) is 0 Å². The van der Waals surface area contributed by atoms with Crippen LogP contribution in [0.25, 0.3) is 0 Å². The molecule has 0 aliphatic heterocycles. The minimum Gasteiger partial charge on any atom is -0.248 e. The molecule has 0 spiro atoms. The van der Waals surface area contributed by atoms with Gasteiger partial charge in [-0.2, -0.15) is 13.2 Å². The zero-order valence-electron chi connectivity index (χ0n) is 15.5. The number of nitrogens with zero attached hydrogens (tertiary/aromatic N) is 1. The zero-order valence-corrected chi connectivity index (χ0v) is 16.3. The lowest BCUT2D eigenvalue weighted by Crippen LogP contribution is -2.05. The third-order valence-electron chi connectivity index (χ3n) is 4.04. The van der Waals surface area contributed by atoms with Crippen LogP contribution in [-0.2, 0) is 6.18 Å². The highest BCUT2D eigenvalue weighted by atomic mass is 32.2. The Morgan fingerprint density at radius 2 is 1.48 bits per heavy atom. The van der Waals surface area contributed by atoms with Gasteiger partial charge < -0.3 is 0 Å². The summed E-state index contributed by atoms with van der Waals surface area (Å²) in [6, 6.07) is 18.5. The molecule has 0 amide bonds. The van der Waals surface area contributed by atoms with Gasteiger partial charge in [0.15, 0.2) is 0 Å². The molecule has 29 heavy (non-hydrogen) atoms. The van der Waals surface area contributed by atoms with E-state index in [-0.39, 0.29) is 5.82 Å². The van der Waals surface area contributed by atoms with Crippen molar-refractivity contribution >= 4 is 23.2 Å². The van der Waals surface area contributed by atoms with Gasteiger partial charge in [0.2, 0.25) is 0 Å². The second-order valence-corrected chi connectivity index (χ2v) is 7.26. The summed E-state index contributed by atoms with van der Waals surface area (Å²) in [5.41, 5.74) is 2.16. The van der Waals surface area contributed by atoms with Crippen LogP contribution in [0.15, 0.2) is 94.2 Å². The highest BCUT2D eigenvalue weighted by Crippen LogP contribution is 2.29. The van der Waals surface area contributed by atoms with Crippen molar-refractivity contribution in [2.75, 3.05) is 0 Å². The minimum absolute atomic E-state index is 0.315. The molecule has 0 saturated heterocycles. The number of halogens is 4. The van der Waals surface area contributed by atoms with E-state index in [1.807, 2.05) is 31.2 Å². The fourth-order valence-corrected chi connectivity index (χ4v) is 3.12. The Bertz CT molecular complexity index is 1000. The van der Waals surface area contributed by atoms with Crippen molar-refractivity contribution in [2.24, 2.45) is 4.99 Å². The maximum Gasteiger partial charge on any atom is 0.416 e. The maximum atomic E-state index is 13.0. The molecule has 0 aliphatic rings. The summed E-state index contributed by atoms with van der Waals surface area (Å²) in [5, 5.41) is 1.78. The lowest BCUT2D eigenvalue weighted by Gasteiger charge is -2.08. The molecule has 0 aliphatic carbocycles. The number of alkyl halides is 3. The summed E-state index contributed by atoms with van der Waals surface area (Å²) >= 11 is 1.36. The lowest BCUT2D eigenvalue weighted by molar-refractivity contribution is -0.137. The van der Waals surface area contributed by atoms with E-state index >= 15 is 0 Å². The highest BCUT2D eigenvalue weighted by molar-refractivity contribution is 8.02. The van der Waals surface area contributed by atoms with Crippen LogP contribution in [0.4, 0.5) is 23.2 Å². The summed E-state index contributed by atoms with van der Waals surface area (Å²) in [4.78, 5) is 5.42. The van der Waals surface area contributed by atoms with E-state index in [9.17, 15) is 17.6 Å². The van der Waals surface area contributed by atoms with Crippen LogP contribution in [0, 0.1) is 12.7 Å². The van der Waals surface area contributed by atoms with Gasteiger partial charge >= 0.3 is 6.18 Å². The van der Waals surface area contributed by atoms with Crippen molar-refractivity contribution in [2.45, 2.75) is 18.0 Å². The monoisotopic (exact) mass is 415 g/mol. The van der Waals surface area contributed by atoms with Gasteiger partial charge in [0.05, 0.1) is 17.0 Å². The van der Waals surface area contributed by atoms with E-state index in [0.29, 0.717) is 17.0 Å². The number of hydrogen-bond acceptors (Lipinski definition) is 2. The molecule has 1 nitrogen and oxygen atoms in total. The summed E-state index contributed by atoms with van der Waals surface area (Å²) in [7, 11) is 0. The molecule has 0 N–H and O–H groups in total. The van der Waals surface area contributed by atoms with Gasteiger partial charge in [0.1, 0.15) is 5.82 Å². The van der Waals surface area contributed by atoms with Crippen molar-refractivity contribution < 1.29 is 17.6 Å². The van der Waals surface area contributed by atoms with E-state index in [4.69, 9.17) is 0 Å². The molecule has 6 heteroatoms. The Balaban J connectivity index is 1.89. The Kier molecular flexibility index (Phi) is 6.54. The highest BCUT2D eigenvalue weighted by Gasteiger charge is 2.30. The quantitative estimate of drug-likeness (QED) is 0.238. The van der Waals surface area contributed by atoms with Gasteiger partial charge in [-0.15, -0.1) is 0 Å². The maximum absolute atomic E-state index is 13.0. The molecule has 148 valence electrons. The predicted molar refractivity (Wildman–Crippen MR) is 110 cm³/mol. The molecule has 3 rings (SSSR count). The van der Waals surface area contributed by atoms with Crippen LogP contribution in [0.5, 0.6) is 0 Å². The first-order chi connectivity index (χ1) is 13.8. The molecule has 0 unspecified atom stereocenters. The molecule has 0 bridgehead atoms. The van der Waals surface area contributed by atoms with Gasteiger partial charge in [-0.1, -0.05) is 41.6 Å². The average Bonchev–Trinajstić information content (AvgIpc) is 2.70. The SMILES string of the molecule is Cc1ccc(/N=C(/C=C/Sc2ccc(F)cc2)c2ccc(C(F)(F)F)cc2)cc1. The fraction of sp³-hybridized carbons (Fsp3) is 0.0870. The second kappa shape index (κ2) is 9.09. The smallest absolute Gasteiger partial charge is 0.248 e. The Morgan fingerprint density at radius 1 is 0.862 bits per heavy atom. The van der Waals surface area contributed by atoms with Crippen LogP contribution in [-0.4, -0.2) is 5.71 Å². The van der Waals surface area contributed by atoms with Crippen LogP contribution in [0.1, 0.15) is 16.7 Å². The van der Waals surface area contributed by atoms with Gasteiger partial charge in [-0.25, -0.2) is 9.38 Å². The molecule has 0 radical (unpaired) electrons. The van der Waals surface area contributed by atoms with Crippen LogP contribution < -0.4 is 0 Å². The Hall–Kier alpha value is -2.86. The molecule has 0 fully saturated rings. The summed E-state index contributed by atoms with van der Waals surface area (Å²) in [6.45, 7) is 1.96. The molecule has 0 aromatic heterocycles. The molecule has 0 saturated carbocycles. The Morgan fingerprint density at radius 3 is 2.07 bits per heavy atom. The predicted octanol–water partition coefficient (Wildman–Crippen LogP) is 7.58. The molecule has 3 aromatic rings. The van der Waals surface area contributed by atoms with E-state index < -0.39 is 11.7 Å². The zero-order chi connectivity index (χ0) is 20.9. The van der Waals surface area contributed by atoms with E-state index in [0.717, 1.165) is 22.6 Å². The standard InChI is InChI=1S/C23H17F4NS/c1-16-2-10-20(11-3-16)28-22(14-15-29-21-12-8-19(24)9-13-21)17-4-6-18(7-5-17)23(25,26)27/h2-15H,1H3/b15-14+,28-22-. The molecule has 0 heterocycles. The number of hydrogen-bond donors (Lipinski definition) is 0. The van der Waals surface area contributed by atoms with Gasteiger partial charge in [-0.3, -0.25) is 0 Å². The Labute approximate surface area is 170 Å². The fourth-order valence-electron chi connectivity index (χ4n) is 2.48. The molecular weight excluding hydrogens is 398 g/mol. The third-order valence-corrected chi connectivity index (χ3v) is 4.85. The van der Waals surface area contributed by atoms with Crippen molar-refractivity contribution in [1.82, 2.24) is 0 Å². The third kappa shape index (κ3) is 6.06. The molecular formula is C23H17F4NS. The van der Waals surface area contributed by atoms with Crippen molar-refractivity contribution in [3.8, 4) is 0 Å². The van der Waals surface area contributed by atoms with Crippen molar-refractivity contribution in [3.63, 3.8) is 0 Å². The van der Waals surface area contributed by atoms with Crippen LogP contribution in [0.3, 0.4) is 0 Å². The first kappa shape index (κ1) is 20.9. The van der Waals surface area contributed by atoms with Crippen LogP contribution >= 0.6 is 11.8 Å². The molecule has 3 aromatic carbocycles. The number of benzene rings is 3. The van der Waals surface area contributed by atoms with E-state index in [1.165, 1.54) is 36.0 Å². The minimum atomic E-state index is -4.39. The number of thioether (sulfide) groups is 1. The van der Waals surface area contributed by atoms with E-state index in [1.54, 1.807) is 23.6 Å².